The smallest absolute Gasteiger partial charge is 0.345 e. The topological polar surface area (TPSA) is 74.2 Å². The molecule has 0 saturated carbocycles. The standard InChI is InChI=1S/C9H9FO4S.C8H9FO2S/c10-5-4-6(8(11)12)15-7(5)9-13-2-1-3-14-9;9-6-2-5-12-7(6)8-10-3-1-4-11-8/h4,9H,1-3H2,(H,11,12);2,5,8H,1,3-4H2. The summed E-state index contributed by atoms with van der Waals surface area (Å²) < 4.78 is 47.2. The van der Waals surface area contributed by atoms with Gasteiger partial charge in [-0.05, 0) is 30.4 Å². The molecule has 0 amide bonds. The zero-order valence-corrected chi connectivity index (χ0v) is 15.8. The zero-order chi connectivity index (χ0) is 19.2. The van der Waals surface area contributed by atoms with Gasteiger partial charge in [-0.15, -0.1) is 22.7 Å². The molecule has 4 rings (SSSR count). The molecule has 2 aliphatic heterocycles. The number of rotatable bonds is 3. The van der Waals surface area contributed by atoms with Crippen molar-refractivity contribution >= 4 is 28.6 Å². The van der Waals surface area contributed by atoms with Gasteiger partial charge in [0.05, 0.1) is 36.2 Å². The maximum atomic E-state index is 13.3. The van der Waals surface area contributed by atoms with E-state index >= 15 is 0 Å². The fourth-order valence-electron chi connectivity index (χ4n) is 2.40. The molecule has 0 atom stereocenters. The highest BCUT2D eigenvalue weighted by Crippen LogP contribution is 2.32. The average Bonchev–Trinajstić information content (AvgIpc) is 3.29. The summed E-state index contributed by atoms with van der Waals surface area (Å²) in [6.45, 7) is 2.32. The van der Waals surface area contributed by atoms with Crippen molar-refractivity contribution in [3.8, 4) is 0 Å². The van der Waals surface area contributed by atoms with Crippen LogP contribution in [-0.2, 0) is 18.9 Å². The molecular weight excluding hydrogens is 402 g/mol. The maximum Gasteiger partial charge on any atom is 0.345 e. The van der Waals surface area contributed by atoms with Crippen molar-refractivity contribution in [2.75, 3.05) is 26.4 Å². The van der Waals surface area contributed by atoms with Gasteiger partial charge in [0.1, 0.15) is 16.5 Å². The molecule has 2 fully saturated rings. The number of carboxylic acid groups (broad SMARTS) is 1. The number of halogens is 2. The van der Waals surface area contributed by atoms with E-state index in [2.05, 4.69) is 0 Å². The van der Waals surface area contributed by atoms with Gasteiger partial charge in [-0.3, -0.25) is 0 Å². The van der Waals surface area contributed by atoms with Crippen molar-refractivity contribution in [3.05, 3.63) is 43.8 Å². The second-order valence-corrected chi connectivity index (χ2v) is 7.65. The van der Waals surface area contributed by atoms with Gasteiger partial charge in [0.25, 0.3) is 0 Å². The Labute approximate surface area is 162 Å². The summed E-state index contributed by atoms with van der Waals surface area (Å²) in [7, 11) is 0. The van der Waals surface area contributed by atoms with Crippen LogP contribution < -0.4 is 0 Å². The molecule has 1 N–H and O–H groups in total. The predicted molar refractivity (Wildman–Crippen MR) is 94.0 cm³/mol. The number of carboxylic acids is 1. The molecular formula is C17H18F2O6S2. The van der Waals surface area contributed by atoms with Gasteiger partial charge in [0.2, 0.25) is 0 Å². The molecule has 4 heterocycles. The number of hydrogen-bond donors (Lipinski definition) is 1. The minimum absolute atomic E-state index is 0.0414. The summed E-state index contributed by atoms with van der Waals surface area (Å²) in [4.78, 5) is 11.3. The van der Waals surface area contributed by atoms with E-state index in [0.717, 1.165) is 30.2 Å². The third kappa shape index (κ3) is 5.31. The summed E-state index contributed by atoms with van der Waals surface area (Å²) in [5.41, 5.74) is 0. The first-order valence-electron chi connectivity index (χ1n) is 8.28. The Morgan fingerprint density at radius 3 is 1.96 bits per heavy atom. The Morgan fingerprint density at radius 1 is 0.963 bits per heavy atom. The van der Waals surface area contributed by atoms with E-state index in [1.54, 1.807) is 5.38 Å². The van der Waals surface area contributed by atoms with Crippen LogP contribution in [0.3, 0.4) is 0 Å². The second-order valence-electron chi connectivity index (χ2n) is 5.61. The highest BCUT2D eigenvalue weighted by Gasteiger charge is 2.25. The van der Waals surface area contributed by atoms with E-state index in [9.17, 15) is 13.6 Å². The van der Waals surface area contributed by atoms with E-state index in [0.29, 0.717) is 31.3 Å². The lowest BCUT2D eigenvalue weighted by Crippen LogP contribution is -2.17. The summed E-state index contributed by atoms with van der Waals surface area (Å²) in [5, 5.41) is 10.4. The van der Waals surface area contributed by atoms with Crippen LogP contribution in [0.25, 0.3) is 0 Å². The Bertz CT molecular complexity index is 750. The Morgan fingerprint density at radius 2 is 1.52 bits per heavy atom. The second kappa shape index (κ2) is 9.67. The monoisotopic (exact) mass is 420 g/mol. The van der Waals surface area contributed by atoms with Crippen molar-refractivity contribution < 1.29 is 37.6 Å². The van der Waals surface area contributed by atoms with Gasteiger partial charge in [0.15, 0.2) is 12.6 Å². The van der Waals surface area contributed by atoms with Gasteiger partial charge < -0.3 is 24.1 Å². The van der Waals surface area contributed by atoms with Gasteiger partial charge in [-0.25, -0.2) is 13.6 Å². The molecule has 2 aromatic heterocycles. The molecule has 0 bridgehead atoms. The lowest BCUT2D eigenvalue weighted by Gasteiger charge is -2.21. The van der Waals surface area contributed by atoms with E-state index in [1.165, 1.54) is 17.4 Å². The van der Waals surface area contributed by atoms with Crippen LogP contribution in [0.1, 0.15) is 44.8 Å². The van der Waals surface area contributed by atoms with E-state index in [4.69, 9.17) is 24.1 Å². The summed E-state index contributed by atoms with van der Waals surface area (Å²) in [6.07, 6.45) is 0.439. The van der Waals surface area contributed by atoms with Crippen molar-refractivity contribution in [1.29, 1.82) is 0 Å². The van der Waals surface area contributed by atoms with Crippen LogP contribution in [0, 0.1) is 11.6 Å². The van der Waals surface area contributed by atoms with Crippen molar-refractivity contribution in [2.24, 2.45) is 0 Å². The van der Waals surface area contributed by atoms with Crippen LogP contribution in [0.2, 0.25) is 0 Å². The number of thiophene rings is 2. The molecule has 10 heteroatoms. The Kier molecular flexibility index (Phi) is 7.27. The zero-order valence-electron chi connectivity index (χ0n) is 14.2. The molecule has 2 saturated heterocycles. The lowest BCUT2D eigenvalue weighted by atomic mass is 10.3. The van der Waals surface area contributed by atoms with Gasteiger partial charge in [0, 0.05) is 0 Å². The molecule has 0 aliphatic carbocycles. The van der Waals surface area contributed by atoms with Crippen LogP contribution in [-0.4, -0.2) is 37.5 Å². The fraction of sp³-hybridized carbons (Fsp3) is 0.471. The molecule has 2 aliphatic rings. The minimum atomic E-state index is -1.14. The van der Waals surface area contributed by atoms with E-state index in [-0.39, 0.29) is 15.6 Å². The average molecular weight is 420 g/mol. The maximum absolute atomic E-state index is 13.3. The predicted octanol–water partition coefficient (Wildman–Crippen LogP) is 4.34. The summed E-state index contributed by atoms with van der Waals surface area (Å²) >= 11 is 2.18. The normalized spacial score (nSPS) is 18.7. The molecule has 0 spiro atoms. The summed E-state index contributed by atoms with van der Waals surface area (Å²) in [6, 6.07) is 2.42. The third-order valence-electron chi connectivity index (χ3n) is 3.65. The van der Waals surface area contributed by atoms with Crippen LogP contribution >= 0.6 is 22.7 Å². The van der Waals surface area contributed by atoms with Crippen LogP contribution in [0.4, 0.5) is 8.78 Å². The van der Waals surface area contributed by atoms with Crippen LogP contribution in [0.5, 0.6) is 0 Å². The van der Waals surface area contributed by atoms with Gasteiger partial charge in [-0.2, -0.15) is 0 Å². The van der Waals surface area contributed by atoms with Crippen molar-refractivity contribution in [1.82, 2.24) is 0 Å². The Hall–Kier alpha value is -1.43. The van der Waals surface area contributed by atoms with Gasteiger partial charge >= 0.3 is 5.97 Å². The molecule has 0 radical (unpaired) electrons. The van der Waals surface area contributed by atoms with Crippen LogP contribution in [0.15, 0.2) is 17.5 Å². The molecule has 6 nitrogen and oxygen atoms in total. The quantitative estimate of drug-likeness (QED) is 0.796. The Balaban J connectivity index is 0.000000159. The number of carbonyl (C=O) groups is 1. The van der Waals surface area contributed by atoms with E-state index in [1.807, 2.05) is 0 Å². The number of ether oxygens (including phenoxy) is 4. The van der Waals surface area contributed by atoms with E-state index < -0.39 is 24.4 Å². The molecule has 0 aromatic carbocycles. The summed E-state index contributed by atoms with van der Waals surface area (Å²) in [5.74, 6) is -1.95. The SMILES string of the molecule is Fc1ccsc1C1OCCCO1.O=C(O)c1cc(F)c(C2OCCCO2)s1. The third-order valence-corrected chi connectivity index (χ3v) is 5.68. The lowest BCUT2D eigenvalue weighted by molar-refractivity contribution is -0.182. The highest BCUT2D eigenvalue weighted by molar-refractivity contribution is 7.14. The molecule has 148 valence electrons. The minimum Gasteiger partial charge on any atom is -0.477 e. The molecule has 0 unspecified atom stereocenters. The van der Waals surface area contributed by atoms with Crippen molar-refractivity contribution in [2.45, 2.75) is 25.4 Å². The number of hydrogen-bond acceptors (Lipinski definition) is 7. The first kappa shape index (κ1) is 20.3. The fourth-order valence-corrected chi connectivity index (χ4v) is 4.04. The van der Waals surface area contributed by atoms with Gasteiger partial charge in [-0.1, -0.05) is 0 Å². The number of aromatic carboxylic acids is 1. The first-order valence-corrected chi connectivity index (χ1v) is 9.97. The first-order chi connectivity index (χ1) is 13.1. The highest BCUT2D eigenvalue weighted by atomic mass is 32.1. The largest absolute Gasteiger partial charge is 0.477 e. The molecule has 2 aromatic rings. The molecule has 27 heavy (non-hydrogen) atoms. The van der Waals surface area contributed by atoms with Crippen molar-refractivity contribution in [3.63, 3.8) is 0 Å².